The Morgan fingerprint density at radius 3 is 3.07 bits per heavy atom. The van der Waals surface area contributed by atoms with E-state index in [-0.39, 0.29) is 0 Å². The molecule has 1 heterocycles. The van der Waals surface area contributed by atoms with E-state index in [2.05, 4.69) is 22.4 Å². The normalized spacial score (nSPS) is 10.4. The van der Waals surface area contributed by atoms with E-state index >= 15 is 0 Å². The predicted molar refractivity (Wildman–Crippen MR) is 61.3 cm³/mol. The van der Waals surface area contributed by atoms with E-state index in [0.717, 1.165) is 28.2 Å². The maximum absolute atomic E-state index is 4.92. The summed E-state index contributed by atoms with van der Waals surface area (Å²) in [6.07, 6.45) is 1.16. The molecule has 0 saturated carbocycles. The lowest BCUT2D eigenvalue weighted by molar-refractivity contribution is 0.211. The molecular formula is C8H15N3OS2. The molecule has 14 heavy (non-hydrogen) atoms. The third-order valence-electron chi connectivity index (χ3n) is 1.42. The van der Waals surface area contributed by atoms with Crippen molar-refractivity contribution in [2.45, 2.75) is 17.7 Å². The molecule has 0 atom stereocenters. The molecule has 0 aliphatic rings. The highest BCUT2D eigenvalue weighted by atomic mass is 32.2. The lowest BCUT2D eigenvalue weighted by atomic mass is 10.6. The minimum absolute atomic E-state index is 0.691. The van der Waals surface area contributed by atoms with Gasteiger partial charge in [-0.1, -0.05) is 30.0 Å². The summed E-state index contributed by atoms with van der Waals surface area (Å²) in [5, 5.41) is 12.1. The molecule has 0 unspecified atom stereocenters. The second kappa shape index (κ2) is 7.03. The van der Waals surface area contributed by atoms with Crippen molar-refractivity contribution in [3.05, 3.63) is 0 Å². The van der Waals surface area contributed by atoms with Gasteiger partial charge in [0.2, 0.25) is 5.13 Å². The van der Waals surface area contributed by atoms with Crippen molar-refractivity contribution in [1.29, 1.82) is 0 Å². The molecule has 0 spiro atoms. The molecule has 0 aliphatic heterocycles. The van der Waals surface area contributed by atoms with Gasteiger partial charge in [0.05, 0.1) is 6.61 Å². The van der Waals surface area contributed by atoms with Crippen molar-refractivity contribution >= 4 is 28.2 Å². The summed E-state index contributed by atoms with van der Waals surface area (Å²) in [5.41, 5.74) is 0. The molecule has 0 amide bonds. The second-order valence-corrected chi connectivity index (χ2v) is 4.96. The number of nitrogens with one attached hydrogen (secondary N) is 1. The lowest BCUT2D eigenvalue weighted by Gasteiger charge is -1.98. The van der Waals surface area contributed by atoms with E-state index in [1.54, 1.807) is 30.2 Å². The SMILES string of the molecule is CCCSc1nnc(NCCOC)s1. The highest BCUT2D eigenvalue weighted by Crippen LogP contribution is 2.25. The van der Waals surface area contributed by atoms with Gasteiger partial charge in [-0.15, -0.1) is 10.2 Å². The summed E-state index contributed by atoms with van der Waals surface area (Å²) in [7, 11) is 1.68. The lowest BCUT2D eigenvalue weighted by Crippen LogP contribution is -2.06. The number of rotatable bonds is 7. The Balaban J connectivity index is 2.27. The maximum atomic E-state index is 4.92. The highest BCUT2D eigenvalue weighted by Gasteiger charge is 2.02. The minimum Gasteiger partial charge on any atom is -0.383 e. The fraction of sp³-hybridized carbons (Fsp3) is 0.750. The monoisotopic (exact) mass is 233 g/mol. The van der Waals surface area contributed by atoms with E-state index in [1.165, 1.54) is 0 Å². The predicted octanol–water partition coefficient (Wildman–Crippen LogP) is 2.10. The molecule has 0 radical (unpaired) electrons. The van der Waals surface area contributed by atoms with E-state index in [1.807, 2.05) is 0 Å². The topological polar surface area (TPSA) is 47.0 Å². The smallest absolute Gasteiger partial charge is 0.206 e. The van der Waals surface area contributed by atoms with Crippen LogP contribution in [-0.2, 0) is 4.74 Å². The fourth-order valence-electron chi connectivity index (χ4n) is 0.789. The van der Waals surface area contributed by atoms with Gasteiger partial charge in [0.25, 0.3) is 0 Å². The molecule has 0 fully saturated rings. The molecule has 1 aromatic rings. The Bertz CT molecular complexity index is 254. The van der Waals surface area contributed by atoms with Crippen molar-refractivity contribution in [2.75, 3.05) is 31.3 Å². The molecule has 0 aliphatic carbocycles. The summed E-state index contributed by atoms with van der Waals surface area (Å²) in [4.78, 5) is 0. The molecule has 0 aromatic carbocycles. The van der Waals surface area contributed by atoms with Gasteiger partial charge in [-0.05, 0) is 6.42 Å². The van der Waals surface area contributed by atoms with Crippen molar-refractivity contribution in [3.8, 4) is 0 Å². The number of hydrogen-bond acceptors (Lipinski definition) is 6. The van der Waals surface area contributed by atoms with Gasteiger partial charge in [0.1, 0.15) is 0 Å². The summed E-state index contributed by atoms with van der Waals surface area (Å²) in [6.45, 7) is 3.63. The van der Waals surface area contributed by atoms with Gasteiger partial charge in [-0.2, -0.15) is 0 Å². The van der Waals surface area contributed by atoms with E-state index in [0.29, 0.717) is 6.61 Å². The third-order valence-corrected chi connectivity index (χ3v) is 3.64. The number of hydrogen-bond donors (Lipinski definition) is 1. The zero-order valence-corrected chi connectivity index (χ0v) is 10.1. The Kier molecular flexibility index (Phi) is 5.89. The Morgan fingerprint density at radius 1 is 1.50 bits per heavy atom. The number of aromatic nitrogens is 2. The van der Waals surface area contributed by atoms with Crippen molar-refractivity contribution < 1.29 is 4.74 Å². The van der Waals surface area contributed by atoms with E-state index in [9.17, 15) is 0 Å². The standard InChI is InChI=1S/C8H15N3OS2/c1-3-6-13-8-11-10-7(14-8)9-4-5-12-2/h3-6H2,1-2H3,(H,9,10). The molecule has 80 valence electrons. The zero-order chi connectivity index (χ0) is 10.2. The molecule has 6 heteroatoms. The van der Waals surface area contributed by atoms with Crippen LogP contribution >= 0.6 is 23.1 Å². The molecule has 0 bridgehead atoms. The molecule has 1 N–H and O–H groups in total. The number of thioether (sulfide) groups is 1. The Hall–Kier alpha value is -0.330. The van der Waals surface area contributed by atoms with Crippen LogP contribution in [0.2, 0.25) is 0 Å². The van der Waals surface area contributed by atoms with Gasteiger partial charge in [0.15, 0.2) is 4.34 Å². The first kappa shape index (κ1) is 11.7. The van der Waals surface area contributed by atoms with Gasteiger partial charge in [-0.25, -0.2) is 0 Å². The Morgan fingerprint density at radius 2 is 2.36 bits per heavy atom. The second-order valence-electron chi connectivity index (χ2n) is 2.64. The average molecular weight is 233 g/mol. The van der Waals surface area contributed by atoms with Crippen LogP contribution < -0.4 is 5.32 Å². The molecule has 1 rings (SSSR count). The van der Waals surface area contributed by atoms with E-state index < -0.39 is 0 Å². The minimum atomic E-state index is 0.691. The molecule has 0 saturated heterocycles. The van der Waals surface area contributed by atoms with Crippen LogP contribution in [0.15, 0.2) is 4.34 Å². The molecule has 4 nitrogen and oxygen atoms in total. The van der Waals surface area contributed by atoms with Crippen LogP contribution in [0.4, 0.5) is 5.13 Å². The quantitative estimate of drug-likeness (QED) is 0.577. The molecular weight excluding hydrogens is 218 g/mol. The van der Waals surface area contributed by atoms with Crippen molar-refractivity contribution in [1.82, 2.24) is 10.2 Å². The van der Waals surface area contributed by atoms with Crippen LogP contribution in [-0.4, -0.2) is 36.2 Å². The zero-order valence-electron chi connectivity index (χ0n) is 8.45. The largest absolute Gasteiger partial charge is 0.383 e. The van der Waals surface area contributed by atoms with Gasteiger partial charge in [0, 0.05) is 19.4 Å². The fourth-order valence-corrected chi connectivity index (χ4v) is 2.49. The Labute approximate surface area is 92.5 Å². The number of ether oxygens (including phenoxy) is 1. The summed E-state index contributed by atoms with van der Waals surface area (Å²) < 4.78 is 5.96. The summed E-state index contributed by atoms with van der Waals surface area (Å²) >= 11 is 3.35. The van der Waals surface area contributed by atoms with Crippen LogP contribution in [0, 0.1) is 0 Å². The third kappa shape index (κ3) is 4.26. The number of methoxy groups -OCH3 is 1. The van der Waals surface area contributed by atoms with Crippen LogP contribution in [0.1, 0.15) is 13.3 Å². The van der Waals surface area contributed by atoms with Crippen LogP contribution in [0.3, 0.4) is 0 Å². The average Bonchev–Trinajstić information content (AvgIpc) is 2.63. The maximum Gasteiger partial charge on any atom is 0.206 e. The molecule has 1 aromatic heterocycles. The summed E-state index contributed by atoms with van der Waals surface area (Å²) in [6, 6.07) is 0. The van der Waals surface area contributed by atoms with Crippen LogP contribution in [0.5, 0.6) is 0 Å². The van der Waals surface area contributed by atoms with Crippen LogP contribution in [0.25, 0.3) is 0 Å². The highest BCUT2D eigenvalue weighted by molar-refractivity contribution is 8.01. The first-order chi connectivity index (χ1) is 6.86. The first-order valence-corrected chi connectivity index (χ1v) is 6.36. The van der Waals surface area contributed by atoms with Gasteiger partial charge in [-0.3, -0.25) is 0 Å². The first-order valence-electron chi connectivity index (χ1n) is 4.56. The van der Waals surface area contributed by atoms with Crippen molar-refractivity contribution in [2.24, 2.45) is 0 Å². The summed E-state index contributed by atoms with van der Waals surface area (Å²) in [5.74, 6) is 1.10. The number of anilines is 1. The van der Waals surface area contributed by atoms with Gasteiger partial charge >= 0.3 is 0 Å². The van der Waals surface area contributed by atoms with Crippen molar-refractivity contribution in [3.63, 3.8) is 0 Å². The van der Waals surface area contributed by atoms with E-state index in [4.69, 9.17) is 4.74 Å². The number of nitrogens with zero attached hydrogens (tertiary/aromatic N) is 2. The van der Waals surface area contributed by atoms with Gasteiger partial charge < -0.3 is 10.1 Å².